The van der Waals surface area contributed by atoms with E-state index in [9.17, 15) is 9.59 Å². The molecule has 0 aliphatic rings. The Bertz CT molecular complexity index is 679. The first-order valence-electron chi connectivity index (χ1n) is 6.15. The number of nitrogens with one attached hydrogen (secondary N) is 2. The van der Waals surface area contributed by atoms with E-state index in [1.54, 1.807) is 24.3 Å². The molecule has 0 fully saturated rings. The molecular weight excluding hydrogens is 329 g/mol. The molecule has 0 unspecified atom stereocenters. The van der Waals surface area contributed by atoms with E-state index in [-0.39, 0.29) is 12.3 Å². The molecule has 2 amide bonds. The maximum Gasteiger partial charge on any atom is 0.287 e. The number of benzene rings is 1. The van der Waals surface area contributed by atoms with Crippen LogP contribution in [0.5, 0.6) is 0 Å². The van der Waals surface area contributed by atoms with E-state index in [1.165, 1.54) is 18.5 Å². The van der Waals surface area contributed by atoms with Crippen molar-refractivity contribution in [3.8, 4) is 0 Å². The van der Waals surface area contributed by atoms with Crippen molar-refractivity contribution in [1.82, 2.24) is 10.7 Å². The Hall–Kier alpha value is -2.31. The van der Waals surface area contributed by atoms with Crippen molar-refractivity contribution >= 4 is 41.2 Å². The van der Waals surface area contributed by atoms with Crippen LogP contribution < -0.4 is 10.7 Å². The fourth-order valence-corrected chi connectivity index (χ4v) is 1.99. The normalized spacial score (nSPS) is 10.6. The molecule has 0 spiro atoms. The molecular formula is C14H11Cl2N3O3. The molecule has 1 aromatic carbocycles. The van der Waals surface area contributed by atoms with Crippen molar-refractivity contribution in [1.29, 1.82) is 0 Å². The van der Waals surface area contributed by atoms with Gasteiger partial charge in [-0.2, -0.15) is 5.10 Å². The van der Waals surface area contributed by atoms with E-state index in [1.807, 2.05) is 0 Å². The summed E-state index contributed by atoms with van der Waals surface area (Å²) >= 11 is 11.9. The Labute approximate surface area is 136 Å². The Morgan fingerprint density at radius 2 is 1.91 bits per heavy atom. The Morgan fingerprint density at radius 3 is 2.55 bits per heavy atom. The van der Waals surface area contributed by atoms with Gasteiger partial charge in [0, 0.05) is 5.56 Å². The molecule has 2 rings (SSSR count). The molecule has 22 heavy (non-hydrogen) atoms. The summed E-state index contributed by atoms with van der Waals surface area (Å²) in [5.41, 5.74) is 2.75. The van der Waals surface area contributed by atoms with Crippen molar-refractivity contribution < 1.29 is 14.0 Å². The van der Waals surface area contributed by atoms with Crippen molar-refractivity contribution in [3.05, 3.63) is 58.0 Å². The van der Waals surface area contributed by atoms with Crippen LogP contribution in [0.25, 0.3) is 0 Å². The standard InChI is InChI=1S/C14H11Cl2N3O3/c15-10-3-1-4-11(16)9(10)7-18-19-13(20)8-17-14(21)12-5-2-6-22-12/h1-7H,8H2,(H,17,21)(H,19,20)/b18-7+. The van der Waals surface area contributed by atoms with Crippen LogP contribution in [-0.2, 0) is 4.79 Å². The lowest BCUT2D eigenvalue weighted by molar-refractivity contribution is -0.120. The van der Waals surface area contributed by atoms with Crippen LogP contribution in [0, 0.1) is 0 Å². The molecule has 0 atom stereocenters. The Morgan fingerprint density at radius 1 is 1.18 bits per heavy atom. The minimum atomic E-state index is -0.501. The van der Waals surface area contributed by atoms with Crippen molar-refractivity contribution in [2.24, 2.45) is 5.10 Å². The maximum atomic E-state index is 11.5. The molecule has 114 valence electrons. The van der Waals surface area contributed by atoms with Gasteiger partial charge in [0.05, 0.1) is 29.1 Å². The summed E-state index contributed by atoms with van der Waals surface area (Å²) in [4.78, 5) is 23.1. The molecule has 0 saturated heterocycles. The molecule has 0 saturated carbocycles. The van der Waals surface area contributed by atoms with E-state index in [0.29, 0.717) is 15.6 Å². The highest BCUT2D eigenvalue weighted by Crippen LogP contribution is 2.21. The van der Waals surface area contributed by atoms with Gasteiger partial charge in [-0.15, -0.1) is 0 Å². The van der Waals surface area contributed by atoms with Crippen molar-refractivity contribution in [3.63, 3.8) is 0 Å². The summed E-state index contributed by atoms with van der Waals surface area (Å²) in [5.74, 6) is -0.864. The third-order valence-electron chi connectivity index (χ3n) is 2.54. The number of amides is 2. The highest BCUT2D eigenvalue weighted by molar-refractivity contribution is 6.38. The van der Waals surface area contributed by atoms with Crippen LogP contribution >= 0.6 is 23.2 Å². The fourth-order valence-electron chi connectivity index (χ4n) is 1.50. The van der Waals surface area contributed by atoms with Gasteiger partial charge in [0.1, 0.15) is 0 Å². The topological polar surface area (TPSA) is 83.7 Å². The van der Waals surface area contributed by atoms with Crippen molar-refractivity contribution in [2.45, 2.75) is 0 Å². The van der Waals surface area contributed by atoms with E-state index in [4.69, 9.17) is 27.6 Å². The van der Waals surface area contributed by atoms with Gasteiger partial charge < -0.3 is 9.73 Å². The Kier molecular flexibility index (Phi) is 5.57. The monoisotopic (exact) mass is 339 g/mol. The largest absolute Gasteiger partial charge is 0.459 e. The molecule has 6 nitrogen and oxygen atoms in total. The van der Waals surface area contributed by atoms with Gasteiger partial charge in [0.2, 0.25) is 0 Å². The molecule has 2 aromatic rings. The number of carbonyl (C=O) groups excluding carboxylic acids is 2. The second-order valence-electron chi connectivity index (χ2n) is 4.09. The number of rotatable bonds is 5. The van der Waals surface area contributed by atoms with Crippen LogP contribution in [-0.4, -0.2) is 24.6 Å². The van der Waals surface area contributed by atoms with Gasteiger partial charge in [0.25, 0.3) is 11.8 Å². The summed E-state index contributed by atoms with van der Waals surface area (Å²) in [5, 5.41) is 6.95. The van der Waals surface area contributed by atoms with Crippen LogP contribution in [0.4, 0.5) is 0 Å². The van der Waals surface area contributed by atoms with Gasteiger partial charge in [-0.3, -0.25) is 9.59 Å². The number of nitrogens with zero attached hydrogens (tertiary/aromatic N) is 1. The summed E-state index contributed by atoms with van der Waals surface area (Å²) in [6, 6.07) is 8.07. The number of carbonyl (C=O) groups is 2. The zero-order valence-electron chi connectivity index (χ0n) is 11.2. The van der Waals surface area contributed by atoms with Crippen LogP contribution in [0.1, 0.15) is 16.1 Å². The molecule has 0 bridgehead atoms. The second-order valence-corrected chi connectivity index (χ2v) is 4.90. The lowest BCUT2D eigenvalue weighted by Crippen LogP contribution is -2.34. The quantitative estimate of drug-likeness (QED) is 0.648. The average Bonchev–Trinajstić information content (AvgIpc) is 3.02. The second kappa shape index (κ2) is 7.63. The predicted octanol–water partition coefficient (Wildman–Crippen LogP) is 2.47. The predicted molar refractivity (Wildman–Crippen MR) is 83.2 cm³/mol. The zero-order chi connectivity index (χ0) is 15.9. The Balaban J connectivity index is 1.83. The van der Waals surface area contributed by atoms with Crippen LogP contribution in [0.3, 0.4) is 0 Å². The first-order chi connectivity index (χ1) is 10.6. The number of furan rings is 1. The summed E-state index contributed by atoms with van der Waals surface area (Å²) in [6.07, 6.45) is 2.70. The first kappa shape index (κ1) is 16.1. The molecule has 2 N–H and O–H groups in total. The smallest absolute Gasteiger partial charge is 0.287 e. The molecule has 0 aliphatic heterocycles. The lowest BCUT2D eigenvalue weighted by Gasteiger charge is -2.03. The van der Waals surface area contributed by atoms with E-state index in [0.717, 1.165) is 0 Å². The lowest BCUT2D eigenvalue weighted by atomic mass is 10.2. The van der Waals surface area contributed by atoms with Gasteiger partial charge >= 0.3 is 0 Å². The van der Waals surface area contributed by atoms with E-state index >= 15 is 0 Å². The molecule has 0 radical (unpaired) electrons. The molecule has 0 aliphatic carbocycles. The van der Waals surface area contributed by atoms with E-state index < -0.39 is 11.8 Å². The number of hydrogen-bond donors (Lipinski definition) is 2. The number of hydrazone groups is 1. The van der Waals surface area contributed by atoms with Gasteiger partial charge in [-0.05, 0) is 24.3 Å². The third kappa shape index (κ3) is 4.34. The molecule has 1 aromatic heterocycles. The highest BCUT2D eigenvalue weighted by atomic mass is 35.5. The minimum Gasteiger partial charge on any atom is -0.459 e. The molecule has 1 heterocycles. The average molecular weight is 340 g/mol. The third-order valence-corrected chi connectivity index (χ3v) is 3.20. The first-order valence-corrected chi connectivity index (χ1v) is 6.91. The number of hydrogen-bond acceptors (Lipinski definition) is 4. The van der Waals surface area contributed by atoms with E-state index in [2.05, 4.69) is 15.8 Å². The van der Waals surface area contributed by atoms with Gasteiger partial charge in [0.15, 0.2) is 5.76 Å². The van der Waals surface area contributed by atoms with Crippen molar-refractivity contribution in [2.75, 3.05) is 6.54 Å². The fraction of sp³-hybridized carbons (Fsp3) is 0.0714. The van der Waals surface area contributed by atoms with Gasteiger partial charge in [-0.1, -0.05) is 29.3 Å². The van der Waals surface area contributed by atoms with Gasteiger partial charge in [-0.25, -0.2) is 5.43 Å². The summed E-state index contributed by atoms with van der Waals surface area (Å²) in [7, 11) is 0. The zero-order valence-corrected chi connectivity index (χ0v) is 12.7. The highest BCUT2D eigenvalue weighted by Gasteiger charge is 2.09. The summed E-state index contributed by atoms with van der Waals surface area (Å²) in [6.45, 7) is -0.243. The van der Waals surface area contributed by atoms with Crippen LogP contribution in [0.15, 0.2) is 46.1 Å². The molecule has 8 heteroatoms. The SMILES string of the molecule is O=C(CNC(=O)c1ccco1)N/N=C/c1c(Cl)cccc1Cl. The minimum absolute atomic E-state index is 0.124. The maximum absolute atomic E-state index is 11.5. The number of halogens is 2. The van der Waals surface area contributed by atoms with Crippen LogP contribution in [0.2, 0.25) is 10.0 Å². The summed E-state index contributed by atoms with van der Waals surface area (Å²) < 4.78 is 4.89.